The lowest BCUT2D eigenvalue weighted by atomic mass is 10.0. The van der Waals surface area contributed by atoms with Crippen molar-refractivity contribution >= 4 is 16.6 Å². The molecule has 3 nitrogen and oxygen atoms in total. The first kappa shape index (κ1) is 14.9. The van der Waals surface area contributed by atoms with Gasteiger partial charge in [0.15, 0.2) is 5.78 Å². The van der Waals surface area contributed by atoms with Crippen molar-refractivity contribution in [2.75, 3.05) is 6.54 Å². The van der Waals surface area contributed by atoms with Crippen LogP contribution in [0.3, 0.4) is 0 Å². The molecule has 0 amide bonds. The summed E-state index contributed by atoms with van der Waals surface area (Å²) in [4.78, 5) is 12.2. The molecule has 1 aliphatic rings. The third kappa shape index (κ3) is 2.91. The molecule has 0 spiro atoms. The normalized spacial score (nSPS) is 16.7. The summed E-state index contributed by atoms with van der Waals surface area (Å²) in [5, 5.41) is 5.95. The second-order valence-corrected chi connectivity index (χ2v) is 6.13. The molecule has 0 fully saturated rings. The van der Waals surface area contributed by atoms with E-state index in [0.29, 0.717) is 24.3 Å². The van der Waals surface area contributed by atoms with Crippen molar-refractivity contribution in [3.05, 3.63) is 77.9 Å². The van der Waals surface area contributed by atoms with Gasteiger partial charge in [0, 0.05) is 19.5 Å². The van der Waals surface area contributed by atoms with Crippen molar-refractivity contribution in [2.24, 2.45) is 0 Å². The molecule has 0 aromatic heterocycles. The summed E-state index contributed by atoms with van der Waals surface area (Å²) in [7, 11) is 0. The summed E-state index contributed by atoms with van der Waals surface area (Å²) >= 11 is 0. The van der Waals surface area contributed by atoms with Crippen molar-refractivity contribution in [1.29, 1.82) is 0 Å². The van der Waals surface area contributed by atoms with Gasteiger partial charge in [-0.15, -0.1) is 0 Å². The Morgan fingerprint density at radius 3 is 2.71 bits per heavy atom. The predicted molar refractivity (Wildman–Crippen MR) is 95.5 cm³/mol. The van der Waals surface area contributed by atoms with E-state index in [-0.39, 0.29) is 11.9 Å². The highest BCUT2D eigenvalue weighted by molar-refractivity contribution is 5.99. The first-order valence-electron chi connectivity index (χ1n) is 8.27. The molecule has 4 rings (SSSR count). The van der Waals surface area contributed by atoms with Gasteiger partial charge < -0.3 is 10.1 Å². The fourth-order valence-electron chi connectivity index (χ4n) is 3.27. The molecule has 0 bridgehead atoms. The maximum Gasteiger partial charge on any atom is 0.170 e. The third-order valence-corrected chi connectivity index (χ3v) is 4.46. The van der Waals surface area contributed by atoms with Gasteiger partial charge in [-0.05, 0) is 28.5 Å². The Balaban J connectivity index is 1.42. The van der Waals surface area contributed by atoms with E-state index in [2.05, 4.69) is 47.8 Å². The van der Waals surface area contributed by atoms with Gasteiger partial charge in [0.05, 0.1) is 5.56 Å². The lowest BCUT2D eigenvalue weighted by Crippen LogP contribution is -2.36. The second-order valence-electron chi connectivity index (χ2n) is 6.13. The highest BCUT2D eigenvalue weighted by atomic mass is 16.5. The predicted octanol–water partition coefficient (Wildman–Crippen LogP) is 3.96. The van der Waals surface area contributed by atoms with E-state index in [1.165, 1.54) is 16.3 Å². The fourth-order valence-corrected chi connectivity index (χ4v) is 3.27. The monoisotopic (exact) mass is 317 g/mol. The summed E-state index contributed by atoms with van der Waals surface area (Å²) < 4.78 is 5.94. The molecule has 120 valence electrons. The van der Waals surface area contributed by atoms with Crippen LogP contribution in [-0.2, 0) is 6.54 Å². The van der Waals surface area contributed by atoms with Crippen LogP contribution in [0.25, 0.3) is 10.8 Å². The highest BCUT2D eigenvalue weighted by Crippen LogP contribution is 2.27. The minimum Gasteiger partial charge on any atom is -0.488 e. The molecule has 3 aromatic carbocycles. The van der Waals surface area contributed by atoms with Crippen LogP contribution in [0.2, 0.25) is 0 Å². The first-order valence-corrected chi connectivity index (χ1v) is 8.27. The van der Waals surface area contributed by atoms with E-state index in [9.17, 15) is 4.79 Å². The van der Waals surface area contributed by atoms with Gasteiger partial charge in [0.2, 0.25) is 0 Å². The Hall–Kier alpha value is -2.65. The van der Waals surface area contributed by atoms with Gasteiger partial charge >= 0.3 is 0 Å². The minimum absolute atomic E-state index is 0.109. The number of ether oxygens (including phenoxy) is 1. The van der Waals surface area contributed by atoms with Crippen LogP contribution in [0.15, 0.2) is 66.7 Å². The maximum absolute atomic E-state index is 12.2. The average Bonchev–Trinajstić information content (AvgIpc) is 2.62. The van der Waals surface area contributed by atoms with E-state index in [1.54, 1.807) is 0 Å². The molecule has 0 aliphatic carbocycles. The highest BCUT2D eigenvalue weighted by Gasteiger charge is 2.25. The molecule has 24 heavy (non-hydrogen) atoms. The number of para-hydroxylation sites is 1. The van der Waals surface area contributed by atoms with Gasteiger partial charge in [0.25, 0.3) is 0 Å². The van der Waals surface area contributed by atoms with Crippen LogP contribution >= 0.6 is 0 Å². The number of hydrogen-bond donors (Lipinski definition) is 1. The number of Topliss-reactive ketones (excluding diaryl/α,β-unsaturated/α-hetero) is 1. The number of carbonyl (C=O) groups is 1. The van der Waals surface area contributed by atoms with Crippen LogP contribution < -0.4 is 10.1 Å². The van der Waals surface area contributed by atoms with Gasteiger partial charge in [-0.3, -0.25) is 4.79 Å². The number of ketones is 1. The van der Waals surface area contributed by atoms with Gasteiger partial charge in [-0.25, -0.2) is 0 Å². The van der Waals surface area contributed by atoms with Crippen molar-refractivity contribution in [1.82, 2.24) is 5.32 Å². The smallest absolute Gasteiger partial charge is 0.170 e. The van der Waals surface area contributed by atoms with E-state index in [1.807, 2.05) is 24.3 Å². The SMILES string of the molecule is O=C1C[C@H](CNCc2cccc3ccccc23)Oc2ccccc21. The zero-order valence-electron chi connectivity index (χ0n) is 13.4. The van der Waals surface area contributed by atoms with Crippen molar-refractivity contribution in [3.63, 3.8) is 0 Å². The van der Waals surface area contributed by atoms with Crippen molar-refractivity contribution in [3.8, 4) is 5.75 Å². The van der Waals surface area contributed by atoms with Crippen LogP contribution in [0.1, 0.15) is 22.3 Å². The Morgan fingerprint density at radius 1 is 0.958 bits per heavy atom. The maximum atomic E-state index is 12.2. The molecular formula is C21H19NO2. The zero-order valence-corrected chi connectivity index (χ0v) is 13.4. The molecule has 0 saturated carbocycles. The third-order valence-electron chi connectivity index (χ3n) is 4.46. The summed E-state index contributed by atoms with van der Waals surface area (Å²) in [5.74, 6) is 0.861. The molecule has 1 aliphatic heterocycles. The molecular weight excluding hydrogens is 298 g/mol. The average molecular weight is 317 g/mol. The summed E-state index contributed by atoms with van der Waals surface area (Å²) in [6.07, 6.45) is 0.321. The van der Waals surface area contributed by atoms with Crippen LogP contribution in [0.4, 0.5) is 0 Å². The lowest BCUT2D eigenvalue weighted by molar-refractivity contribution is 0.0849. The van der Waals surface area contributed by atoms with Crippen LogP contribution in [0, 0.1) is 0 Å². The molecule has 0 saturated heterocycles. The van der Waals surface area contributed by atoms with E-state index in [4.69, 9.17) is 4.74 Å². The van der Waals surface area contributed by atoms with E-state index in [0.717, 1.165) is 6.54 Å². The first-order chi connectivity index (χ1) is 11.8. The summed E-state index contributed by atoms with van der Waals surface area (Å²) in [5.41, 5.74) is 1.96. The largest absolute Gasteiger partial charge is 0.488 e. The summed E-state index contributed by atoms with van der Waals surface area (Å²) in [6.45, 7) is 1.42. The number of rotatable bonds is 4. The quantitative estimate of drug-likeness (QED) is 0.791. The number of nitrogens with one attached hydrogen (secondary N) is 1. The van der Waals surface area contributed by atoms with Crippen LogP contribution in [-0.4, -0.2) is 18.4 Å². The van der Waals surface area contributed by atoms with Gasteiger partial charge in [-0.1, -0.05) is 54.6 Å². The minimum atomic E-state index is -0.109. The Bertz CT molecular complexity index is 882. The molecule has 0 unspecified atom stereocenters. The van der Waals surface area contributed by atoms with E-state index < -0.39 is 0 Å². The topological polar surface area (TPSA) is 38.3 Å². The fraction of sp³-hybridized carbons (Fsp3) is 0.190. The Labute approximate surface area is 141 Å². The van der Waals surface area contributed by atoms with Gasteiger partial charge in [0.1, 0.15) is 11.9 Å². The van der Waals surface area contributed by atoms with Gasteiger partial charge in [-0.2, -0.15) is 0 Å². The molecule has 1 heterocycles. The molecule has 1 N–H and O–H groups in total. The number of benzene rings is 3. The van der Waals surface area contributed by atoms with E-state index >= 15 is 0 Å². The van der Waals surface area contributed by atoms with Crippen molar-refractivity contribution in [2.45, 2.75) is 19.1 Å². The summed E-state index contributed by atoms with van der Waals surface area (Å²) in [6, 6.07) is 22.2. The molecule has 3 aromatic rings. The zero-order chi connectivity index (χ0) is 16.4. The van der Waals surface area contributed by atoms with Crippen LogP contribution in [0.5, 0.6) is 5.75 Å². The number of fused-ring (bicyclic) bond motifs is 2. The number of carbonyl (C=O) groups excluding carboxylic acids is 1. The Kier molecular flexibility index (Phi) is 4.01. The lowest BCUT2D eigenvalue weighted by Gasteiger charge is -2.25. The van der Waals surface area contributed by atoms with Crippen molar-refractivity contribution < 1.29 is 9.53 Å². The number of hydrogen-bond acceptors (Lipinski definition) is 3. The molecule has 3 heteroatoms. The molecule has 1 atom stereocenters. The molecule has 0 radical (unpaired) electrons. The second kappa shape index (κ2) is 6.46. The Morgan fingerprint density at radius 2 is 1.75 bits per heavy atom. The standard InChI is InChI=1S/C21H19NO2/c23-20-12-17(24-21-11-4-3-10-19(20)21)14-22-13-16-8-5-7-15-6-1-2-9-18(15)16/h1-11,17,22H,12-14H2/t17-/m1/s1.